The van der Waals surface area contributed by atoms with E-state index < -0.39 is 11.5 Å². The maximum atomic E-state index is 10.4. The Morgan fingerprint density at radius 3 is 2.65 bits per heavy atom. The fraction of sp³-hybridized carbons (Fsp3) is 0.929. The first-order valence-corrected chi connectivity index (χ1v) is 6.53. The van der Waals surface area contributed by atoms with Gasteiger partial charge in [0.25, 0.3) is 0 Å². The van der Waals surface area contributed by atoms with Crippen molar-refractivity contribution in [3.05, 3.63) is 0 Å². The number of methoxy groups -OCH3 is 1. The summed E-state index contributed by atoms with van der Waals surface area (Å²) in [5, 5.41) is 19.8. The molecule has 0 spiro atoms. The second kappa shape index (κ2) is 5.37. The van der Waals surface area contributed by atoms with E-state index in [0.717, 1.165) is 25.7 Å². The Morgan fingerprint density at radius 1 is 1.59 bits per heavy atom. The van der Waals surface area contributed by atoms with Gasteiger partial charge >= 0.3 is 0 Å². The second-order valence-electron chi connectivity index (χ2n) is 5.97. The summed E-state index contributed by atoms with van der Waals surface area (Å²) in [6.45, 7) is 6.06. The Kier molecular flexibility index (Phi) is 4.57. The molecule has 1 rings (SSSR count). The number of nitrogens with zero attached hydrogens (tertiary/aromatic N) is 1. The lowest BCUT2D eigenvalue weighted by atomic mass is 9.77. The van der Waals surface area contributed by atoms with Gasteiger partial charge in [0.15, 0.2) is 0 Å². The summed E-state index contributed by atoms with van der Waals surface area (Å²) in [7, 11) is 1.65. The van der Waals surface area contributed by atoms with Crippen LogP contribution in [-0.2, 0) is 4.74 Å². The summed E-state index contributed by atoms with van der Waals surface area (Å²) >= 11 is 0. The zero-order valence-corrected chi connectivity index (χ0v) is 11.5. The van der Waals surface area contributed by atoms with Gasteiger partial charge < -0.3 is 9.84 Å². The van der Waals surface area contributed by atoms with Crippen molar-refractivity contribution < 1.29 is 9.84 Å². The lowest BCUT2D eigenvalue weighted by Gasteiger charge is -2.33. The van der Waals surface area contributed by atoms with Crippen LogP contribution in [0.3, 0.4) is 0 Å². The van der Waals surface area contributed by atoms with E-state index in [0.29, 0.717) is 12.3 Å². The summed E-state index contributed by atoms with van der Waals surface area (Å²) in [5.74, 6) is 0.593. The minimum absolute atomic E-state index is 0.367. The molecule has 0 amide bonds. The molecule has 0 bridgehead atoms. The molecule has 0 heterocycles. The molecule has 98 valence electrons. The zero-order chi connectivity index (χ0) is 13.1. The SMILES string of the molecule is CCC1CCC(C#N)(C(O)CC(C)(C)OC)C1. The Labute approximate surface area is 105 Å². The number of hydrogen-bond acceptors (Lipinski definition) is 3. The molecule has 0 aromatic rings. The van der Waals surface area contributed by atoms with Crippen LogP contribution in [-0.4, -0.2) is 23.9 Å². The Hall–Kier alpha value is -0.590. The summed E-state index contributed by atoms with van der Waals surface area (Å²) in [5.41, 5.74) is -0.913. The predicted molar refractivity (Wildman–Crippen MR) is 67.4 cm³/mol. The fourth-order valence-electron chi connectivity index (χ4n) is 2.75. The molecule has 3 unspecified atom stereocenters. The summed E-state index contributed by atoms with van der Waals surface area (Å²) in [6.07, 6.45) is 3.76. The van der Waals surface area contributed by atoms with Crippen LogP contribution in [0.15, 0.2) is 0 Å². The predicted octanol–water partition coefficient (Wildman–Crippen LogP) is 2.88. The number of aliphatic hydroxyl groups is 1. The number of nitriles is 1. The van der Waals surface area contributed by atoms with Crippen LogP contribution < -0.4 is 0 Å². The second-order valence-corrected chi connectivity index (χ2v) is 5.97. The Morgan fingerprint density at radius 2 is 2.24 bits per heavy atom. The van der Waals surface area contributed by atoms with Gasteiger partial charge in [0, 0.05) is 13.5 Å². The summed E-state index contributed by atoms with van der Waals surface area (Å²) < 4.78 is 5.34. The van der Waals surface area contributed by atoms with Crippen LogP contribution in [0.2, 0.25) is 0 Å². The van der Waals surface area contributed by atoms with Gasteiger partial charge in [-0.2, -0.15) is 5.26 Å². The zero-order valence-electron chi connectivity index (χ0n) is 11.5. The summed E-state index contributed by atoms with van der Waals surface area (Å²) in [6, 6.07) is 2.38. The minimum Gasteiger partial charge on any atom is -0.391 e. The largest absolute Gasteiger partial charge is 0.391 e. The van der Waals surface area contributed by atoms with Crippen LogP contribution in [0, 0.1) is 22.7 Å². The van der Waals surface area contributed by atoms with Gasteiger partial charge in [-0.25, -0.2) is 0 Å². The van der Waals surface area contributed by atoms with Gasteiger partial charge in [-0.3, -0.25) is 0 Å². The van der Waals surface area contributed by atoms with Crippen molar-refractivity contribution in [2.45, 2.75) is 64.6 Å². The number of aliphatic hydroxyl groups excluding tert-OH is 1. The number of hydrogen-bond donors (Lipinski definition) is 1. The molecule has 0 radical (unpaired) electrons. The molecule has 3 nitrogen and oxygen atoms in total. The molecule has 17 heavy (non-hydrogen) atoms. The molecule has 0 aromatic carbocycles. The van der Waals surface area contributed by atoms with Crippen LogP contribution >= 0.6 is 0 Å². The molecule has 1 aliphatic rings. The van der Waals surface area contributed by atoms with E-state index in [4.69, 9.17) is 4.74 Å². The first kappa shape index (κ1) is 14.5. The van der Waals surface area contributed by atoms with Crippen LogP contribution in [0.4, 0.5) is 0 Å². The van der Waals surface area contributed by atoms with Crippen molar-refractivity contribution in [1.82, 2.24) is 0 Å². The molecular formula is C14H25NO2. The lowest BCUT2D eigenvalue weighted by molar-refractivity contribution is -0.0473. The monoisotopic (exact) mass is 239 g/mol. The van der Waals surface area contributed by atoms with E-state index in [2.05, 4.69) is 13.0 Å². The Balaban J connectivity index is 2.72. The van der Waals surface area contributed by atoms with Gasteiger partial charge in [-0.15, -0.1) is 0 Å². The third kappa shape index (κ3) is 3.20. The van der Waals surface area contributed by atoms with Gasteiger partial charge in [0.2, 0.25) is 0 Å². The van der Waals surface area contributed by atoms with Crippen molar-refractivity contribution in [2.75, 3.05) is 7.11 Å². The number of ether oxygens (including phenoxy) is 1. The molecule has 1 fully saturated rings. The van der Waals surface area contributed by atoms with Gasteiger partial charge in [0.1, 0.15) is 0 Å². The number of rotatable bonds is 5. The van der Waals surface area contributed by atoms with E-state index in [1.165, 1.54) is 0 Å². The highest BCUT2D eigenvalue weighted by Crippen LogP contribution is 2.46. The topological polar surface area (TPSA) is 53.2 Å². The molecule has 0 aliphatic heterocycles. The van der Waals surface area contributed by atoms with Gasteiger partial charge in [-0.05, 0) is 39.0 Å². The van der Waals surface area contributed by atoms with Crippen molar-refractivity contribution in [2.24, 2.45) is 11.3 Å². The van der Waals surface area contributed by atoms with Crippen molar-refractivity contribution in [1.29, 1.82) is 5.26 Å². The van der Waals surface area contributed by atoms with Crippen molar-refractivity contribution in [3.8, 4) is 6.07 Å². The quantitative estimate of drug-likeness (QED) is 0.802. The van der Waals surface area contributed by atoms with E-state index in [-0.39, 0.29) is 5.60 Å². The maximum absolute atomic E-state index is 10.4. The maximum Gasteiger partial charge on any atom is 0.0836 e. The molecule has 3 heteroatoms. The normalized spacial score (nSPS) is 31.2. The molecule has 1 aliphatic carbocycles. The van der Waals surface area contributed by atoms with E-state index in [1.807, 2.05) is 13.8 Å². The molecule has 3 atom stereocenters. The third-order valence-corrected chi connectivity index (χ3v) is 4.33. The van der Waals surface area contributed by atoms with Crippen LogP contribution in [0.5, 0.6) is 0 Å². The van der Waals surface area contributed by atoms with Crippen molar-refractivity contribution in [3.63, 3.8) is 0 Å². The smallest absolute Gasteiger partial charge is 0.0836 e. The molecule has 0 aromatic heterocycles. The Bertz CT molecular complexity index is 295. The first-order valence-electron chi connectivity index (χ1n) is 6.53. The fourth-order valence-corrected chi connectivity index (χ4v) is 2.75. The van der Waals surface area contributed by atoms with Crippen LogP contribution in [0.25, 0.3) is 0 Å². The minimum atomic E-state index is -0.584. The molecular weight excluding hydrogens is 214 g/mol. The molecule has 0 saturated heterocycles. The van der Waals surface area contributed by atoms with E-state index in [1.54, 1.807) is 7.11 Å². The van der Waals surface area contributed by atoms with Crippen molar-refractivity contribution >= 4 is 0 Å². The average molecular weight is 239 g/mol. The highest BCUT2D eigenvalue weighted by Gasteiger charge is 2.46. The van der Waals surface area contributed by atoms with Gasteiger partial charge in [0.05, 0.1) is 23.2 Å². The highest BCUT2D eigenvalue weighted by molar-refractivity contribution is 5.08. The lowest BCUT2D eigenvalue weighted by Crippen LogP contribution is -2.38. The van der Waals surface area contributed by atoms with E-state index in [9.17, 15) is 10.4 Å². The molecule has 1 N–H and O–H groups in total. The molecule has 1 saturated carbocycles. The highest BCUT2D eigenvalue weighted by atomic mass is 16.5. The van der Waals surface area contributed by atoms with Gasteiger partial charge in [-0.1, -0.05) is 13.3 Å². The third-order valence-electron chi connectivity index (χ3n) is 4.33. The summed E-state index contributed by atoms with van der Waals surface area (Å²) in [4.78, 5) is 0. The first-order chi connectivity index (χ1) is 7.89. The van der Waals surface area contributed by atoms with Crippen LogP contribution in [0.1, 0.15) is 52.9 Å². The average Bonchev–Trinajstić information content (AvgIpc) is 2.73. The standard InChI is InChI=1S/C14H25NO2/c1-5-11-6-7-14(8-11,10-15)12(16)9-13(2,3)17-4/h11-12,16H,5-9H2,1-4H3. The van der Waals surface area contributed by atoms with E-state index >= 15 is 0 Å².